The van der Waals surface area contributed by atoms with Gasteiger partial charge in [0.15, 0.2) is 0 Å². The summed E-state index contributed by atoms with van der Waals surface area (Å²) in [5.74, 6) is 0.238. The van der Waals surface area contributed by atoms with Gasteiger partial charge in [0.2, 0.25) is 11.8 Å². The van der Waals surface area contributed by atoms with E-state index in [0.717, 1.165) is 51.6 Å². The van der Waals surface area contributed by atoms with Crippen LogP contribution in [0.15, 0.2) is 24.3 Å². The van der Waals surface area contributed by atoms with Gasteiger partial charge in [-0.1, -0.05) is 24.3 Å². The molecule has 0 aliphatic rings. The first-order chi connectivity index (χ1) is 12.2. The third kappa shape index (κ3) is 18.6. The molecule has 0 fully saturated rings. The van der Waals surface area contributed by atoms with Crippen molar-refractivity contribution in [2.24, 2.45) is 0 Å². The van der Waals surface area contributed by atoms with Crippen molar-refractivity contribution in [3.05, 3.63) is 24.3 Å². The fraction of sp³-hybridized carbons (Fsp3) is 0.700. The number of nitrogens with one attached hydrogen (secondary N) is 3. The van der Waals surface area contributed by atoms with Crippen LogP contribution in [0.25, 0.3) is 0 Å². The molecule has 0 rings (SSSR count). The number of unbranched alkanes of at least 4 members (excludes halogenated alkanes) is 4. The molecule has 0 unspecified atom stereocenters. The minimum absolute atomic E-state index is 0.119. The molecule has 0 aromatic carbocycles. The van der Waals surface area contributed by atoms with Gasteiger partial charge in [-0.15, -0.1) is 0 Å². The second-order valence-electron chi connectivity index (χ2n) is 6.08. The van der Waals surface area contributed by atoms with E-state index in [2.05, 4.69) is 28.1 Å². The second-order valence-corrected chi connectivity index (χ2v) is 6.08. The van der Waals surface area contributed by atoms with Crippen LogP contribution in [-0.4, -0.2) is 38.0 Å². The Morgan fingerprint density at radius 2 is 1.12 bits per heavy atom. The molecule has 3 N–H and O–H groups in total. The van der Waals surface area contributed by atoms with Crippen molar-refractivity contribution in [3.63, 3.8) is 0 Å². The van der Waals surface area contributed by atoms with E-state index in [1.807, 2.05) is 26.0 Å². The van der Waals surface area contributed by atoms with Crippen molar-refractivity contribution in [1.29, 1.82) is 0 Å². The van der Waals surface area contributed by atoms with Gasteiger partial charge in [0.05, 0.1) is 0 Å². The lowest BCUT2D eigenvalue weighted by atomic mass is 10.2. The standard InChI is InChI=1S/C20H37N3O2/c1-3-5-7-9-11-13-19(24)22-17-15-21-16-18-23-20(25)14-12-10-8-6-4-2/h3-6,21H,7-18H2,1-2H3,(H,22,24)(H,23,25)/b5-3+,6-4+. The summed E-state index contributed by atoms with van der Waals surface area (Å²) in [4.78, 5) is 23.2. The second kappa shape index (κ2) is 18.7. The van der Waals surface area contributed by atoms with Gasteiger partial charge in [-0.2, -0.15) is 0 Å². The summed E-state index contributed by atoms with van der Waals surface area (Å²) < 4.78 is 0. The van der Waals surface area contributed by atoms with Crippen molar-refractivity contribution < 1.29 is 9.59 Å². The Labute approximate surface area is 153 Å². The Hall–Kier alpha value is -1.62. The molecule has 5 heteroatoms. The van der Waals surface area contributed by atoms with E-state index in [1.165, 1.54) is 0 Å². The van der Waals surface area contributed by atoms with Crippen molar-refractivity contribution in [2.45, 2.75) is 65.2 Å². The number of carbonyl (C=O) groups excluding carboxylic acids is 2. The Bertz CT molecular complexity index is 356. The van der Waals surface area contributed by atoms with Gasteiger partial charge in [0.25, 0.3) is 0 Å². The summed E-state index contributed by atoms with van der Waals surface area (Å²) >= 11 is 0. The highest BCUT2D eigenvalue weighted by Crippen LogP contribution is 2.01. The molecule has 2 amide bonds. The normalized spacial score (nSPS) is 11.3. The van der Waals surface area contributed by atoms with Crippen molar-refractivity contribution in [1.82, 2.24) is 16.0 Å². The Morgan fingerprint density at radius 3 is 1.52 bits per heavy atom. The Kier molecular flexibility index (Phi) is 17.5. The molecule has 0 radical (unpaired) electrons. The maximum absolute atomic E-state index is 11.6. The number of amides is 2. The fourth-order valence-electron chi connectivity index (χ4n) is 2.31. The van der Waals surface area contributed by atoms with E-state index in [-0.39, 0.29) is 11.8 Å². The highest BCUT2D eigenvalue weighted by molar-refractivity contribution is 5.76. The zero-order chi connectivity index (χ0) is 18.6. The summed E-state index contributed by atoms with van der Waals surface area (Å²) in [6, 6.07) is 0. The average molecular weight is 352 g/mol. The molecule has 144 valence electrons. The molecule has 0 bridgehead atoms. The Morgan fingerprint density at radius 1 is 0.680 bits per heavy atom. The first-order valence-corrected chi connectivity index (χ1v) is 9.67. The summed E-state index contributed by atoms with van der Waals surface area (Å²) in [5.41, 5.74) is 0. The van der Waals surface area contributed by atoms with E-state index in [0.29, 0.717) is 25.9 Å². The van der Waals surface area contributed by atoms with Crippen molar-refractivity contribution in [3.8, 4) is 0 Å². The molecule has 0 heterocycles. The first kappa shape index (κ1) is 23.4. The van der Waals surface area contributed by atoms with E-state index < -0.39 is 0 Å². The summed E-state index contributed by atoms with van der Waals surface area (Å²) in [6.45, 7) is 6.74. The highest BCUT2D eigenvalue weighted by Gasteiger charge is 2.01. The SMILES string of the molecule is C/C=C/CCCCC(=O)NCCNCCNC(=O)CCCC/C=C/C. The molecule has 25 heavy (non-hydrogen) atoms. The van der Waals surface area contributed by atoms with Gasteiger partial charge in [-0.3, -0.25) is 9.59 Å². The molecular formula is C20H37N3O2. The zero-order valence-corrected chi connectivity index (χ0v) is 16.1. The van der Waals surface area contributed by atoms with Gasteiger partial charge in [-0.05, 0) is 52.4 Å². The quantitative estimate of drug-likeness (QED) is 0.296. The largest absolute Gasteiger partial charge is 0.355 e. The van der Waals surface area contributed by atoms with Gasteiger partial charge >= 0.3 is 0 Å². The summed E-state index contributed by atoms with van der Waals surface area (Å²) in [7, 11) is 0. The van der Waals surface area contributed by atoms with Crippen LogP contribution in [0.4, 0.5) is 0 Å². The lowest BCUT2D eigenvalue weighted by Gasteiger charge is -2.08. The topological polar surface area (TPSA) is 70.2 Å². The smallest absolute Gasteiger partial charge is 0.220 e. The maximum atomic E-state index is 11.6. The van der Waals surface area contributed by atoms with Crippen LogP contribution in [0.2, 0.25) is 0 Å². The highest BCUT2D eigenvalue weighted by atomic mass is 16.2. The monoisotopic (exact) mass is 351 g/mol. The van der Waals surface area contributed by atoms with Crippen LogP contribution in [0.3, 0.4) is 0 Å². The van der Waals surface area contributed by atoms with Gasteiger partial charge in [0, 0.05) is 39.0 Å². The lowest BCUT2D eigenvalue weighted by molar-refractivity contribution is -0.121. The first-order valence-electron chi connectivity index (χ1n) is 9.67. The summed E-state index contributed by atoms with van der Waals surface area (Å²) in [5, 5.41) is 9.03. The number of hydrogen-bond acceptors (Lipinski definition) is 3. The predicted molar refractivity (Wildman–Crippen MR) is 105 cm³/mol. The van der Waals surface area contributed by atoms with Gasteiger partial charge in [-0.25, -0.2) is 0 Å². The average Bonchev–Trinajstić information content (AvgIpc) is 2.60. The number of allylic oxidation sites excluding steroid dienone is 4. The van der Waals surface area contributed by atoms with E-state index in [4.69, 9.17) is 0 Å². The van der Waals surface area contributed by atoms with Crippen LogP contribution < -0.4 is 16.0 Å². The van der Waals surface area contributed by atoms with Gasteiger partial charge < -0.3 is 16.0 Å². The van der Waals surface area contributed by atoms with Crippen LogP contribution >= 0.6 is 0 Å². The van der Waals surface area contributed by atoms with E-state index in [1.54, 1.807) is 0 Å². The number of carbonyl (C=O) groups is 2. The minimum Gasteiger partial charge on any atom is -0.355 e. The van der Waals surface area contributed by atoms with Gasteiger partial charge in [0.1, 0.15) is 0 Å². The van der Waals surface area contributed by atoms with Crippen molar-refractivity contribution in [2.75, 3.05) is 26.2 Å². The molecule has 0 aromatic rings. The summed E-state index contributed by atoms with van der Waals surface area (Å²) in [6.07, 6.45) is 15.6. The molecule has 0 saturated heterocycles. The maximum Gasteiger partial charge on any atom is 0.220 e. The third-order valence-electron chi connectivity index (χ3n) is 3.77. The van der Waals surface area contributed by atoms with Crippen LogP contribution in [0, 0.1) is 0 Å². The van der Waals surface area contributed by atoms with E-state index >= 15 is 0 Å². The van der Waals surface area contributed by atoms with E-state index in [9.17, 15) is 9.59 Å². The van der Waals surface area contributed by atoms with Crippen molar-refractivity contribution >= 4 is 11.8 Å². The van der Waals surface area contributed by atoms with Crippen LogP contribution in [0.1, 0.15) is 65.2 Å². The lowest BCUT2D eigenvalue weighted by Crippen LogP contribution is -2.36. The molecule has 0 aromatic heterocycles. The molecule has 5 nitrogen and oxygen atoms in total. The zero-order valence-electron chi connectivity index (χ0n) is 16.1. The predicted octanol–water partition coefficient (Wildman–Crippen LogP) is 3.08. The molecular weight excluding hydrogens is 314 g/mol. The minimum atomic E-state index is 0.119. The van der Waals surface area contributed by atoms with Crippen LogP contribution in [0.5, 0.6) is 0 Å². The Balaban J connectivity index is 3.31. The molecule has 0 saturated carbocycles. The van der Waals surface area contributed by atoms with Crippen LogP contribution in [-0.2, 0) is 9.59 Å². The number of rotatable bonds is 16. The molecule has 0 aliphatic carbocycles. The molecule has 0 atom stereocenters. The fourth-order valence-corrected chi connectivity index (χ4v) is 2.31. The molecule has 0 aliphatic heterocycles. The third-order valence-corrected chi connectivity index (χ3v) is 3.77. The molecule has 0 spiro atoms. The number of hydrogen-bond donors (Lipinski definition) is 3.